The van der Waals surface area contributed by atoms with Crippen molar-refractivity contribution in [1.29, 1.82) is 0 Å². The molecule has 0 radical (unpaired) electrons. The lowest BCUT2D eigenvalue weighted by molar-refractivity contribution is 0.475. The summed E-state index contributed by atoms with van der Waals surface area (Å²) in [5, 5.41) is 8.70. The number of aromatic hydroxyl groups is 1. The van der Waals surface area contributed by atoms with Crippen LogP contribution in [0.2, 0.25) is 0 Å². The molecule has 0 heterocycles. The molecule has 2 nitrogen and oxygen atoms in total. The van der Waals surface area contributed by atoms with Gasteiger partial charge in [0.05, 0.1) is 0 Å². The van der Waals surface area contributed by atoms with Gasteiger partial charge in [-0.2, -0.15) is 0 Å². The molecule has 0 unspecified atom stereocenters. The zero-order valence-electron chi connectivity index (χ0n) is 7.04. The predicted molar refractivity (Wildman–Crippen MR) is 48.5 cm³/mol. The summed E-state index contributed by atoms with van der Waals surface area (Å²) in [6, 6.07) is 6.40. The quantitative estimate of drug-likeness (QED) is 0.444. The maximum Gasteiger partial charge on any atom is 0.115 e. The summed E-state index contributed by atoms with van der Waals surface area (Å²) in [7, 11) is 0. The van der Waals surface area contributed by atoms with Crippen molar-refractivity contribution < 1.29 is 5.11 Å². The van der Waals surface area contributed by atoms with Gasteiger partial charge in [0.15, 0.2) is 0 Å². The van der Waals surface area contributed by atoms with Crippen molar-refractivity contribution in [3.63, 3.8) is 0 Å². The van der Waals surface area contributed by atoms with Crippen molar-refractivity contribution in [1.82, 2.24) is 0 Å². The molecule has 11 heavy (non-hydrogen) atoms. The Morgan fingerprint density at radius 3 is 1.82 bits per heavy atom. The Morgan fingerprint density at radius 2 is 1.55 bits per heavy atom. The SMILES string of the molecule is CCC.Nc1ccc(O)cc1. The fourth-order valence-corrected chi connectivity index (χ4v) is 0.474. The number of hydrogen-bond acceptors (Lipinski definition) is 2. The van der Waals surface area contributed by atoms with Gasteiger partial charge in [-0.3, -0.25) is 0 Å². The Bertz CT molecular complexity index is 160. The third kappa shape index (κ3) is 5.27. The molecule has 0 saturated carbocycles. The highest BCUT2D eigenvalue weighted by Gasteiger charge is 1.82. The standard InChI is InChI=1S/C6H7NO.C3H8/c7-5-1-3-6(8)4-2-5;1-3-2/h1-4,8H,7H2;3H2,1-2H3. The van der Waals surface area contributed by atoms with Gasteiger partial charge in [0.1, 0.15) is 5.75 Å². The monoisotopic (exact) mass is 153 g/mol. The highest BCUT2D eigenvalue weighted by molar-refractivity contribution is 5.40. The molecule has 0 fully saturated rings. The van der Waals surface area contributed by atoms with Crippen LogP contribution in [-0.4, -0.2) is 5.11 Å². The molecule has 62 valence electrons. The van der Waals surface area contributed by atoms with E-state index in [1.165, 1.54) is 6.42 Å². The van der Waals surface area contributed by atoms with E-state index in [0.29, 0.717) is 5.69 Å². The Hall–Kier alpha value is -1.18. The summed E-state index contributed by atoms with van der Waals surface area (Å²) in [6.45, 7) is 4.25. The number of phenolic OH excluding ortho intramolecular Hbond substituents is 1. The van der Waals surface area contributed by atoms with Gasteiger partial charge in [0, 0.05) is 5.69 Å². The first-order valence-electron chi connectivity index (χ1n) is 3.75. The van der Waals surface area contributed by atoms with Crippen LogP contribution in [0.25, 0.3) is 0 Å². The molecule has 0 amide bonds. The summed E-state index contributed by atoms with van der Waals surface area (Å²) in [6.07, 6.45) is 1.25. The third-order valence-electron chi connectivity index (χ3n) is 0.893. The Kier molecular flexibility index (Phi) is 4.99. The van der Waals surface area contributed by atoms with E-state index < -0.39 is 0 Å². The van der Waals surface area contributed by atoms with E-state index in [-0.39, 0.29) is 5.75 Å². The van der Waals surface area contributed by atoms with E-state index in [0.717, 1.165) is 0 Å². The molecule has 0 aliphatic rings. The molecular formula is C9H15NO. The molecule has 1 aromatic carbocycles. The topological polar surface area (TPSA) is 46.2 Å². The summed E-state index contributed by atoms with van der Waals surface area (Å²) in [5.41, 5.74) is 5.98. The van der Waals surface area contributed by atoms with Gasteiger partial charge in [-0.25, -0.2) is 0 Å². The first kappa shape index (κ1) is 9.82. The minimum absolute atomic E-state index is 0.249. The van der Waals surface area contributed by atoms with Gasteiger partial charge < -0.3 is 10.8 Å². The molecule has 0 spiro atoms. The average Bonchev–Trinajstić information content (AvgIpc) is 1.97. The lowest BCUT2D eigenvalue weighted by atomic mass is 10.3. The van der Waals surface area contributed by atoms with Gasteiger partial charge >= 0.3 is 0 Å². The number of anilines is 1. The second-order valence-corrected chi connectivity index (χ2v) is 2.30. The van der Waals surface area contributed by atoms with Gasteiger partial charge in [-0.15, -0.1) is 0 Å². The van der Waals surface area contributed by atoms with Crippen LogP contribution in [0.5, 0.6) is 5.75 Å². The van der Waals surface area contributed by atoms with Gasteiger partial charge in [0.25, 0.3) is 0 Å². The van der Waals surface area contributed by atoms with Crippen molar-refractivity contribution in [2.24, 2.45) is 0 Å². The Balaban J connectivity index is 0.000000292. The van der Waals surface area contributed by atoms with Crippen LogP contribution in [-0.2, 0) is 0 Å². The van der Waals surface area contributed by atoms with Crippen molar-refractivity contribution in [3.8, 4) is 5.75 Å². The fraction of sp³-hybridized carbons (Fsp3) is 0.333. The van der Waals surface area contributed by atoms with Crippen LogP contribution in [0.4, 0.5) is 5.69 Å². The van der Waals surface area contributed by atoms with E-state index in [1.807, 2.05) is 0 Å². The van der Waals surface area contributed by atoms with Gasteiger partial charge in [-0.1, -0.05) is 20.3 Å². The predicted octanol–water partition coefficient (Wildman–Crippen LogP) is 2.39. The van der Waals surface area contributed by atoms with Crippen molar-refractivity contribution in [3.05, 3.63) is 24.3 Å². The van der Waals surface area contributed by atoms with Crippen LogP contribution in [0.15, 0.2) is 24.3 Å². The van der Waals surface area contributed by atoms with Crippen molar-refractivity contribution >= 4 is 5.69 Å². The highest BCUT2D eigenvalue weighted by Crippen LogP contribution is 2.09. The molecule has 0 bridgehead atoms. The summed E-state index contributed by atoms with van der Waals surface area (Å²) in [4.78, 5) is 0. The van der Waals surface area contributed by atoms with E-state index >= 15 is 0 Å². The molecule has 0 atom stereocenters. The molecule has 0 aliphatic carbocycles. The number of benzene rings is 1. The number of nitrogen functional groups attached to an aromatic ring is 1. The largest absolute Gasteiger partial charge is 0.508 e. The lowest BCUT2D eigenvalue weighted by Crippen LogP contribution is -1.80. The number of rotatable bonds is 0. The Morgan fingerprint density at radius 1 is 1.18 bits per heavy atom. The minimum atomic E-state index is 0.249. The van der Waals surface area contributed by atoms with Gasteiger partial charge in [-0.05, 0) is 24.3 Å². The number of hydrogen-bond donors (Lipinski definition) is 2. The summed E-state index contributed by atoms with van der Waals surface area (Å²) >= 11 is 0. The van der Waals surface area contributed by atoms with E-state index in [2.05, 4.69) is 13.8 Å². The molecule has 1 aromatic rings. The van der Waals surface area contributed by atoms with Crippen LogP contribution in [0.1, 0.15) is 20.3 Å². The molecule has 1 rings (SSSR count). The first-order valence-corrected chi connectivity index (χ1v) is 3.75. The van der Waals surface area contributed by atoms with E-state index in [4.69, 9.17) is 10.8 Å². The smallest absolute Gasteiger partial charge is 0.115 e. The minimum Gasteiger partial charge on any atom is -0.508 e. The average molecular weight is 153 g/mol. The molecule has 0 saturated heterocycles. The second-order valence-electron chi connectivity index (χ2n) is 2.30. The zero-order chi connectivity index (χ0) is 8.69. The summed E-state index contributed by atoms with van der Waals surface area (Å²) < 4.78 is 0. The maximum atomic E-state index is 8.70. The van der Waals surface area contributed by atoms with E-state index in [1.54, 1.807) is 24.3 Å². The van der Waals surface area contributed by atoms with E-state index in [9.17, 15) is 0 Å². The third-order valence-corrected chi connectivity index (χ3v) is 0.893. The molecule has 3 N–H and O–H groups in total. The first-order chi connectivity index (χ1) is 5.20. The van der Waals surface area contributed by atoms with Crippen LogP contribution < -0.4 is 5.73 Å². The molecule has 0 aliphatic heterocycles. The normalized spacial score (nSPS) is 8.18. The maximum absolute atomic E-state index is 8.70. The number of phenols is 1. The second kappa shape index (κ2) is 5.59. The zero-order valence-corrected chi connectivity index (χ0v) is 7.04. The Labute approximate surface area is 67.7 Å². The van der Waals surface area contributed by atoms with Crippen LogP contribution >= 0.6 is 0 Å². The summed E-state index contributed by atoms with van der Waals surface area (Å²) in [5.74, 6) is 0.249. The van der Waals surface area contributed by atoms with Crippen LogP contribution in [0.3, 0.4) is 0 Å². The molecule has 0 aromatic heterocycles. The number of nitrogens with two attached hydrogens (primary N) is 1. The highest BCUT2D eigenvalue weighted by atomic mass is 16.3. The molecule has 2 heteroatoms. The van der Waals surface area contributed by atoms with Crippen LogP contribution in [0, 0.1) is 0 Å². The lowest BCUT2D eigenvalue weighted by Gasteiger charge is -1.89. The van der Waals surface area contributed by atoms with Crippen molar-refractivity contribution in [2.75, 3.05) is 5.73 Å². The van der Waals surface area contributed by atoms with Gasteiger partial charge in [0.2, 0.25) is 0 Å². The molecular weight excluding hydrogens is 138 g/mol. The van der Waals surface area contributed by atoms with Crippen molar-refractivity contribution in [2.45, 2.75) is 20.3 Å². The fourth-order valence-electron chi connectivity index (χ4n) is 0.474.